The van der Waals surface area contributed by atoms with Gasteiger partial charge in [0.2, 0.25) is 0 Å². The maximum Gasteiger partial charge on any atom is 2.00 e. The molecule has 4 rings (SSSR count). The number of alkyl halides is 2. The minimum absolute atomic E-state index is 0. The van der Waals surface area contributed by atoms with Crippen LogP contribution in [0.25, 0.3) is 0 Å². The number of carbonyl (C=O) groups excluding carboxylic acids is 2. The van der Waals surface area contributed by atoms with Crippen LogP contribution in [-0.2, 0) is 11.8 Å². The normalized spacial score (nSPS) is 9.41. The number of hydrogen-bond acceptors (Lipinski definition) is 2. The predicted octanol–water partition coefficient (Wildman–Crippen LogP) is 5.13. The van der Waals surface area contributed by atoms with Crippen molar-refractivity contribution in [2.24, 2.45) is 0 Å². The summed E-state index contributed by atoms with van der Waals surface area (Å²) in [4.78, 5) is 22.9. The van der Waals surface area contributed by atoms with Crippen LogP contribution in [-0.4, -0.2) is 34.1 Å². The molecule has 0 bridgehead atoms. The zero-order chi connectivity index (χ0) is 27.4. The van der Waals surface area contributed by atoms with Crippen molar-refractivity contribution < 1.29 is 44.1 Å². The van der Waals surface area contributed by atoms with Gasteiger partial charge < -0.3 is 17.0 Å². The van der Waals surface area contributed by atoms with Crippen LogP contribution in [0.2, 0.25) is 0 Å². The Morgan fingerprint density at radius 2 is 1.05 bits per heavy atom. The number of carbonyl (C=O) groups is 2. The first kappa shape index (κ1) is 37.1. The standard InChI is InChI=1S/C14H9ClF2O.C8H5Cl2FO.C6H4F.BrH.Mg/c15-8-10-3-6-12(17)7-13(10)14(18)9-1-4-11(16)5-2-9;9-4-5-1-2-6(11)3-7(5)8(10)12;7-6-4-2-1-3-5-6;;/h1-7H,8H2;1-3H,4H2;2-5H;1H;/q;;-1;;+2/p-1. The van der Waals surface area contributed by atoms with Crippen molar-refractivity contribution in [2.45, 2.75) is 11.8 Å². The molecule has 0 aliphatic carbocycles. The molecule has 11 heteroatoms. The molecule has 0 aliphatic heterocycles. The fraction of sp³-hybridized carbons (Fsp3) is 0.0714. The zero-order valence-electron chi connectivity index (χ0n) is 20.0. The molecule has 0 saturated heterocycles. The summed E-state index contributed by atoms with van der Waals surface area (Å²) in [5, 5.41) is -0.690. The first-order valence-corrected chi connectivity index (χ1v) is 11.9. The number of hydrogen-bond donors (Lipinski definition) is 0. The van der Waals surface area contributed by atoms with E-state index in [1.165, 1.54) is 72.8 Å². The molecule has 200 valence electrons. The fourth-order valence-corrected chi connectivity index (χ4v) is 3.49. The summed E-state index contributed by atoms with van der Waals surface area (Å²) >= 11 is 16.4. The van der Waals surface area contributed by atoms with E-state index in [0.29, 0.717) is 16.7 Å². The Morgan fingerprint density at radius 3 is 1.46 bits per heavy atom. The Hall–Kier alpha value is -1.94. The summed E-state index contributed by atoms with van der Waals surface area (Å²) in [5.74, 6) is -1.74. The maximum absolute atomic E-state index is 13.2. The molecule has 39 heavy (non-hydrogen) atoms. The van der Waals surface area contributed by atoms with Crippen LogP contribution in [0.3, 0.4) is 0 Å². The average Bonchev–Trinajstić information content (AvgIpc) is 2.90. The van der Waals surface area contributed by atoms with Gasteiger partial charge in [-0.1, -0.05) is 12.1 Å². The van der Waals surface area contributed by atoms with Crippen LogP contribution in [0, 0.1) is 29.3 Å². The quantitative estimate of drug-likeness (QED) is 0.0737. The molecule has 0 fully saturated rings. The number of halogens is 8. The van der Waals surface area contributed by atoms with Crippen molar-refractivity contribution in [2.75, 3.05) is 0 Å². The maximum atomic E-state index is 13.2. The van der Waals surface area contributed by atoms with Crippen molar-refractivity contribution in [3.8, 4) is 0 Å². The monoisotopic (exact) mass is 670 g/mol. The second-order valence-electron chi connectivity index (χ2n) is 7.20. The van der Waals surface area contributed by atoms with Gasteiger partial charge in [-0.05, 0) is 71.3 Å². The largest absolute Gasteiger partial charge is 2.00 e. The van der Waals surface area contributed by atoms with Crippen LogP contribution in [0.5, 0.6) is 0 Å². The van der Waals surface area contributed by atoms with Crippen LogP contribution in [0.1, 0.15) is 37.4 Å². The van der Waals surface area contributed by atoms with Crippen molar-refractivity contribution >= 4 is 68.9 Å². The van der Waals surface area contributed by atoms with E-state index in [2.05, 4.69) is 6.07 Å². The van der Waals surface area contributed by atoms with Gasteiger partial charge in [0, 0.05) is 34.3 Å². The van der Waals surface area contributed by atoms with Gasteiger partial charge >= 0.3 is 23.1 Å². The van der Waals surface area contributed by atoms with Crippen molar-refractivity contribution in [1.29, 1.82) is 0 Å². The van der Waals surface area contributed by atoms with Gasteiger partial charge in [0.1, 0.15) is 17.5 Å². The van der Waals surface area contributed by atoms with E-state index in [9.17, 15) is 27.2 Å². The van der Waals surface area contributed by atoms with E-state index in [0.717, 1.165) is 12.1 Å². The van der Waals surface area contributed by atoms with Crippen LogP contribution < -0.4 is 17.0 Å². The summed E-state index contributed by atoms with van der Waals surface area (Å²) in [6.07, 6.45) is 0. The topological polar surface area (TPSA) is 34.1 Å². The second-order valence-corrected chi connectivity index (χ2v) is 8.08. The number of benzene rings is 4. The molecule has 0 N–H and O–H groups in total. The molecule has 4 aromatic rings. The molecular formula is C28H18BrCl3F4MgO2. The smallest absolute Gasteiger partial charge is 1.00 e. The Labute approximate surface area is 265 Å². The van der Waals surface area contributed by atoms with Gasteiger partial charge in [-0.15, -0.1) is 35.3 Å². The predicted molar refractivity (Wildman–Crippen MR) is 143 cm³/mol. The van der Waals surface area contributed by atoms with Gasteiger partial charge in [-0.3, -0.25) is 9.59 Å². The molecule has 4 aromatic carbocycles. The van der Waals surface area contributed by atoms with Crippen molar-refractivity contribution in [3.63, 3.8) is 0 Å². The molecule has 0 unspecified atom stereocenters. The third kappa shape index (κ3) is 12.4. The van der Waals surface area contributed by atoms with Gasteiger partial charge in [0.15, 0.2) is 5.78 Å². The van der Waals surface area contributed by atoms with E-state index >= 15 is 0 Å². The summed E-state index contributed by atoms with van der Waals surface area (Å²) in [6.45, 7) is 0. The summed E-state index contributed by atoms with van der Waals surface area (Å²) in [7, 11) is 0. The van der Waals surface area contributed by atoms with Crippen LogP contribution >= 0.6 is 34.8 Å². The van der Waals surface area contributed by atoms with E-state index in [1.54, 1.807) is 0 Å². The van der Waals surface area contributed by atoms with Gasteiger partial charge in [-0.25, -0.2) is 17.6 Å². The first-order valence-electron chi connectivity index (χ1n) is 10.5. The van der Waals surface area contributed by atoms with Crippen molar-refractivity contribution in [3.05, 3.63) is 142 Å². The minimum Gasteiger partial charge on any atom is -1.00 e. The first-order chi connectivity index (χ1) is 17.7. The molecule has 0 aliphatic rings. The summed E-state index contributed by atoms with van der Waals surface area (Å²) in [5.41, 5.74) is 1.72. The fourth-order valence-electron chi connectivity index (χ4n) is 2.85. The van der Waals surface area contributed by atoms with Gasteiger partial charge in [0.25, 0.3) is 5.24 Å². The molecular weight excluding hydrogens is 655 g/mol. The molecule has 2 nitrogen and oxygen atoms in total. The van der Waals surface area contributed by atoms with E-state index in [-0.39, 0.29) is 74.5 Å². The number of rotatable bonds is 5. The Kier molecular flexibility index (Phi) is 18.2. The Balaban J connectivity index is 0.000000596. The van der Waals surface area contributed by atoms with Crippen LogP contribution in [0.4, 0.5) is 17.6 Å². The van der Waals surface area contributed by atoms with Gasteiger partial charge in [0.05, 0.1) is 0 Å². The van der Waals surface area contributed by atoms with Crippen LogP contribution in [0.15, 0.2) is 84.9 Å². The second kappa shape index (κ2) is 19.2. The molecule has 0 saturated carbocycles. The minimum atomic E-state index is -0.690. The average molecular weight is 673 g/mol. The van der Waals surface area contributed by atoms with E-state index < -0.39 is 22.7 Å². The molecule has 0 radical (unpaired) electrons. The zero-order valence-corrected chi connectivity index (χ0v) is 25.3. The molecule has 0 heterocycles. The summed E-state index contributed by atoms with van der Waals surface area (Å²) < 4.78 is 50.4. The molecule has 0 atom stereocenters. The summed E-state index contributed by atoms with van der Waals surface area (Å²) in [6, 6.07) is 21.2. The third-order valence-electron chi connectivity index (χ3n) is 4.67. The van der Waals surface area contributed by atoms with Crippen molar-refractivity contribution in [1.82, 2.24) is 0 Å². The molecule has 0 amide bonds. The van der Waals surface area contributed by atoms with Gasteiger partial charge in [-0.2, -0.15) is 18.2 Å². The van der Waals surface area contributed by atoms with E-state index in [4.69, 9.17) is 34.8 Å². The SMILES string of the molecule is Fc1cc[c-]cc1.O=C(Cl)c1cc(F)ccc1CCl.O=C(c1ccc(F)cc1)c1cc(F)ccc1CCl.[Br-].[Mg+2]. The number of ketones is 1. The molecule has 0 spiro atoms. The Bertz CT molecular complexity index is 1340. The van der Waals surface area contributed by atoms with E-state index in [1.807, 2.05) is 0 Å². The third-order valence-corrected chi connectivity index (χ3v) is 5.45. The Morgan fingerprint density at radius 1 is 0.641 bits per heavy atom. The molecule has 0 aromatic heterocycles.